The van der Waals surface area contributed by atoms with E-state index in [0.29, 0.717) is 11.9 Å². The van der Waals surface area contributed by atoms with Crippen LogP contribution in [0, 0.1) is 0 Å². The molecule has 2 N–H and O–H groups in total. The van der Waals surface area contributed by atoms with Crippen LogP contribution in [0.2, 0.25) is 0 Å². The van der Waals surface area contributed by atoms with Crippen LogP contribution in [0.5, 0.6) is 11.5 Å². The SMILES string of the molecule is Oc1cccc(O)c1-c1nc(C2CC3CCC2O3)no1. The fourth-order valence-electron chi connectivity index (χ4n) is 3.14. The van der Waals surface area contributed by atoms with Gasteiger partial charge in [-0.25, -0.2) is 0 Å². The number of hydrogen-bond donors (Lipinski definition) is 2. The monoisotopic (exact) mass is 274 g/mol. The lowest BCUT2D eigenvalue weighted by atomic mass is 9.89. The molecular formula is C14H14N2O4. The highest BCUT2D eigenvalue weighted by Gasteiger charge is 2.43. The normalized spacial score (nSPS) is 28.1. The van der Waals surface area contributed by atoms with Crippen LogP contribution < -0.4 is 0 Å². The highest BCUT2D eigenvalue weighted by atomic mass is 16.5. The number of fused-ring (bicyclic) bond motifs is 2. The maximum absolute atomic E-state index is 9.81. The Balaban J connectivity index is 1.69. The second-order valence-corrected chi connectivity index (χ2v) is 5.35. The van der Waals surface area contributed by atoms with Crippen LogP contribution in [-0.2, 0) is 4.74 Å². The predicted molar refractivity (Wildman–Crippen MR) is 68.3 cm³/mol. The Hall–Kier alpha value is -2.08. The fraction of sp³-hybridized carbons (Fsp3) is 0.429. The lowest BCUT2D eigenvalue weighted by Crippen LogP contribution is -2.15. The van der Waals surface area contributed by atoms with Crippen molar-refractivity contribution in [3.8, 4) is 23.0 Å². The molecule has 4 rings (SSSR count). The van der Waals surface area contributed by atoms with Gasteiger partial charge in [-0.3, -0.25) is 0 Å². The number of nitrogens with zero attached hydrogens (tertiary/aromatic N) is 2. The van der Waals surface area contributed by atoms with Gasteiger partial charge in [0.25, 0.3) is 5.89 Å². The van der Waals surface area contributed by atoms with E-state index in [4.69, 9.17) is 9.26 Å². The number of phenolic OH excluding ortho intramolecular Hbond substituents is 2. The molecule has 1 aromatic carbocycles. The Morgan fingerprint density at radius 2 is 1.95 bits per heavy atom. The Morgan fingerprint density at radius 3 is 2.60 bits per heavy atom. The number of rotatable bonds is 2. The summed E-state index contributed by atoms with van der Waals surface area (Å²) in [4.78, 5) is 4.33. The van der Waals surface area contributed by atoms with E-state index in [2.05, 4.69) is 10.1 Å². The number of ether oxygens (including phenoxy) is 1. The standard InChI is InChI=1S/C14H14N2O4/c17-9-2-1-3-10(18)12(9)14-15-13(16-20-14)8-6-7-4-5-11(8)19-7/h1-3,7-8,11,17-18H,4-6H2. The molecule has 6 nitrogen and oxygen atoms in total. The zero-order valence-electron chi connectivity index (χ0n) is 10.7. The van der Waals surface area contributed by atoms with Crippen LogP contribution in [0.3, 0.4) is 0 Å². The van der Waals surface area contributed by atoms with E-state index in [1.807, 2.05) is 0 Å². The van der Waals surface area contributed by atoms with Crippen LogP contribution in [-0.4, -0.2) is 32.6 Å². The van der Waals surface area contributed by atoms with Gasteiger partial charge in [-0.05, 0) is 31.4 Å². The van der Waals surface area contributed by atoms with Gasteiger partial charge in [-0.1, -0.05) is 11.2 Å². The molecule has 2 bridgehead atoms. The molecule has 3 unspecified atom stereocenters. The molecule has 0 aliphatic carbocycles. The lowest BCUT2D eigenvalue weighted by Gasteiger charge is -2.13. The molecule has 2 aliphatic heterocycles. The fourth-order valence-corrected chi connectivity index (χ4v) is 3.14. The van der Waals surface area contributed by atoms with E-state index in [0.717, 1.165) is 19.3 Å². The van der Waals surface area contributed by atoms with Gasteiger partial charge in [-0.2, -0.15) is 4.98 Å². The summed E-state index contributed by atoms with van der Waals surface area (Å²) in [5.74, 6) is 0.723. The third kappa shape index (κ3) is 1.68. The van der Waals surface area contributed by atoms with Crippen LogP contribution in [0.15, 0.2) is 22.7 Å². The Kier molecular flexibility index (Phi) is 2.47. The van der Waals surface area contributed by atoms with Crippen LogP contribution in [0.1, 0.15) is 31.0 Å². The van der Waals surface area contributed by atoms with Crippen molar-refractivity contribution >= 4 is 0 Å². The smallest absolute Gasteiger partial charge is 0.265 e. The molecule has 0 spiro atoms. The first-order chi connectivity index (χ1) is 9.72. The van der Waals surface area contributed by atoms with Gasteiger partial charge >= 0.3 is 0 Å². The molecule has 6 heteroatoms. The van der Waals surface area contributed by atoms with E-state index < -0.39 is 0 Å². The Morgan fingerprint density at radius 1 is 1.15 bits per heavy atom. The van der Waals surface area contributed by atoms with Gasteiger partial charge in [0.2, 0.25) is 0 Å². The van der Waals surface area contributed by atoms with Crippen molar-refractivity contribution < 1.29 is 19.5 Å². The van der Waals surface area contributed by atoms with E-state index >= 15 is 0 Å². The van der Waals surface area contributed by atoms with Crippen molar-refractivity contribution in [2.45, 2.75) is 37.4 Å². The highest BCUT2D eigenvalue weighted by molar-refractivity contribution is 5.69. The molecule has 0 saturated carbocycles. The Bertz CT molecular complexity index is 634. The number of aromatic nitrogens is 2. The molecule has 1 aromatic heterocycles. The van der Waals surface area contributed by atoms with Gasteiger partial charge in [0.05, 0.1) is 18.1 Å². The van der Waals surface area contributed by atoms with E-state index in [1.54, 1.807) is 6.07 Å². The molecule has 0 amide bonds. The summed E-state index contributed by atoms with van der Waals surface area (Å²) < 4.78 is 11.0. The zero-order chi connectivity index (χ0) is 13.7. The molecule has 2 fully saturated rings. The molecule has 20 heavy (non-hydrogen) atoms. The minimum absolute atomic E-state index is 0.0793. The average Bonchev–Trinajstić information content (AvgIpc) is 3.14. The minimum atomic E-state index is -0.0793. The molecule has 3 atom stereocenters. The molecule has 2 saturated heterocycles. The minimum Gasteiger partial charge on any atom is -0.507 e. The van der Waals surface area contributed by atoms with E-state index in [9.17, 15) is 10.2 Å². The maximum Gasteiger partial charge on any atom is 0.265 e. The summed E-state index contributed by atoms with van der Waals surface area (Å²) in [7, 11) is 0. The molecule has 2 aliphatic rings. The summed E-state index contributed by atoms with van der Waals surface area (Å²) in [6, 6.07) is 4.49. The van der Waals surface area contributed by atoms with Gasteiger partial charge in [0.1, 0.15) is 17.1 Å². The third-order valence-corrected chi connectivity index (χ3v) is 4.11. The highest BCUT2D eigenvalue weighted by Crippen LogP contribution is 2.44. The Labute approximate surface area is 115 Å². The summed E-state index contributed by atoms with van der Waals surface area (Å²) in [6.07, 6.45) is 3.53. The predicted octanol–water partition coefficient (Wildman–Crippen LogP) is 2.18. The number of aromatic hydroxyl groups is 2. The van der Waals surface area contributed by atoms with Crippen molar-refractivity contribution in [2.24, 2.45) is 0 Å². The third-order valence-electron chi connectivity index (χ3n) is 4.11. The number of benzene rings is 1. The largest absolute Gasteiger partial charge is 0.507 e. The van der Waals surface area contributed by atoms with E-state index in [1.165, 1.54) is 12.1 Å². The van der Waals surface area contributed by atoms with E-state index in [-0.39, 0.29) is 35.0 Å². The van der Waals surface area contributed by atoms with Gasteiger partial charge in [-0.15, -0.1) is 0 Å². The number of hydrogen-bond acceptors (Lipinski definition) is 6. The first kappa shape index (κ1) is 11.7. The zero-order valence-corrected chi connectivity index (χ0v) is 10.7. The topological polar surface area (TPSA) is 88.6 Å². The molecule has 0 radical (unpaired) electrons. The van der Waals surface area contributed by atoms with Crippen molar-refractivity contribution in [3.05, 3.63) is 24.0 Å². The first-order valence-corrected chi connectivity index (χ1v) is 6.73. The summed E-state index contributed by atoms with van der Waals surface area (Å²) in [5, 5.41) is 23.6. The van der Waals surface area contributed by atoms with Gasteiger partial charge < -0.3 is 19.5 Å². The second-order valence-electron chi connectivity index (χ2n) is 5.35. The number of phenols is 2. The van der Waals surface area contributed by atoms with Crippen LogP contribution >= 0.6 is 0 Å². The quantitative estimate of drug-likeness (QED) is 0.872. The van der Waals surface area contributed by atoms with Crippen molar-refractivity contribution in [1.82, 2.24) is 10.1 Å². The summed E-state index contributed by atoms with van der Waals surface area (Å²) >= 11 is 0. The molecule has 3 heterocycles. The second kappa shape index (κ2) is 4.21. The van der Waals surface area contributed by atoms with Crippen LogP contribution in [0.4, 0.5) is 0 Å². The molecular weight excluding hydrogens is 260 g/mol. The van der Waals surface area contributed by atoms with Gasteiger partial charge in [0, 0.05) is 0 Å². The van der Waals surface area contributed by atoms with Crippen LogP contribution in [0.25, 0.3) is 11.5 Å². The van der Waals surface area contributed by atoms with Crippen molar-refractivity contribution in [3.63, 3.8) is 0 Å². The molecule has 2 aromatic rings. The van der Waals surface area contributed by atoms with Crippen molar-refractivity contribution in [2.75, 3.05) is 0 Å². The maximum atomic E-state index is 9.81. The first-order valence-electron chi connectivity index (χ1n) is 6.73. The summed E-state index contributed by atoms with van der Waals surface area (Å²) in [6.45, 7) is 0. The van der Waals surface area contributed by atoms with Gasteiger partial charge in [0.15, 0.2) is 5.82 Å². The molecule has 104 valence electrons. The van der Waals surface area contributed by atoms with Crippen molar-refractivity contribution in [1.29, 1.82) is 0 Å². The lowest BCUT2D eigenvalue weighted by molar-refractivity contribution is 0.0996. The average molecular weight is 274 g/mol. The summed E-state index contributed by atoms with van der Waals surface area (Å²) in [5.41, 5.74) is 0.176.